The van der Waals surface area contributed by atoms with Crippen LogP contribution in [0.1, 0.15) is 43.6 Å². The molecule has 0 unspecified atom stereocenters. The Morgan fingerprint density at radius 3 is 2.35 bits per heavy atom. The van der Waals surface area contributed by atoms with Crippen molar-refractivity contribution in [3.05, 3.63) is 23.8 Å². The quantitative estimate of drug-likeness (QED) is 0.714. The van der Waals surface area contributed by atoms with Crippen LogP contribution in [0.3, 0.4) is 0 Å². The van der Waals surface area contributed by atoms with Crippen molar-refractivity contribution in [1.29, 1.82) is 0 Å². The minimum atomic E-state index is 0.243. The summed E-state index contributed by atoms with van der Waals surface area (Å²) in [6.45, 7) is 0.500. The molecule has 0 amide bonds. The summed E-state index contributed by atoms with van der Waals surface area (Å²) in [5.41, 5.74) is 1.27. The molecule has 0 saturated heterocycles. The number of ether oxygens (including phenoxy) is 4. The Morgan fingerprint density at radius 2 is 1.65 bits per heavy atom. The van der Waals surface area contributed by atoms with Crippen molar-refractivity contribution in [3.63, 3.8) is 0 Å². The fraction of sp³-hybridized carbons (Fsp3) is 0.625. The molecule has 0 bridgehead atoms. The Hall–Kier alpha value is -1.26. The molecular weight excluding hydrogens is 256 g/mol. The molecule has 0 N–H and O–H groups in total. The first-order chi connectivity index (χ1) is 9.85. The molecule has 0 radical (unpaired) electrons. The molecule has 1 aliphatic rings. The summed E-state index contributed by atoms with van der Waals surface area (Å²) < 4.78 is 21.1. The SMILES string of the molecule is COCOc1ccc(C2CCCCC2)c(OCOC)c1. The highest BCUT2D eigenvalue weighted by Crippen LogP contribution is 2.39. The lowest BCUT2D eigenvalue weighted by atomic mass is 9.83. The van der Waals surface area contributed by atoms with E-state index in [9.17, 15) is 0 Å². The van der Waals surface area contributed by atoms with Gasteiger partial charge < -0.3 is 18.9 Å². The molecule has 0 aromatic heterocycles. The normalized spacial score (nSPS) is 16.1. The molecule has 112 valence electrons. The van der Waals surface area contributed by atoms with Gasteiger partial charge in [-0.3, -0.25) is 0 Å². The Labute approximate surface area is 121 Å². The molecule has 1 aromatic rings. The fourth-order valence-electron chi connectivity index (χ4n) is 2.73. The second-order valence-corrected chi connectivity index (χ2v) is 5.14. The van der Waals surface area contributed by atoms with Gasteiger partial charge in [0.25, 0.3) is 0 Å². The molecular formula is C16H24O4. The Bertz CT molecular complexity index is 399. The lowest BCUT2D eigenvalue weighted by Crippen LogP contribution is -2.09. The van der Waals surface area contributed by atoms with Crippen LogP contribution in [0.5, 0.6) is 11.5 Å². The summed E-state index contributed by atoms with van der Waals surface area (Å²) >= 11 is 0. The van der Waals surface area contributed by atoms with Gasteiger partial charge in [0.05, 0.1) is 0 Å². The summed E-state index contributed by atoms with van der Waals surface area (Å²) in [7, 11) is 3.24. The molecule has 0 spiro atoms. The molecule has 0 heterocycles. The van der Waals surface area contributed by atoms with E-state index in [1.807, 2.05) is 12.1 Å². The predicted molar refractivity (Wildman–Crippen MR) is 77.3 cm³/mol. The van der Waals surface area contributed by atoms with E-state index in [2.05, 4.69) is 6.07 Å². The predicted octanol–water partition coefficient (Wildman–Crippen LogP) is 3.70. The van der Waals surface area contributed by atoms with Crippen molar-refractivity contribution >= 4 is 0 Å². The maximum Gasteiger partial charge on any atom is 0.188 e. The van der Waals surface area contributed by atoms with Gasteiger partial charge in [0.1, 0.15) is 11.5 Å². The number of hydrogen-bond donors (Lipinski definition) is 0. The third-order valence-electron chi connectivity index (χ3n) is 3.71. The summed E-state index contributed by atoms with van der Waals surface area (Å²) in [4.78, 5) is 0. The first-order valence-corrected chi connectivity index (χ1v) is 7.22. The van der Waals surface area contributed by atoms with Crippen LogP contribution in [0.4, 0.5) is 0 Å². The Kier molecular flexibility index (Phi) is 6.15. The number of rotatable bonds is 7. The molecule has 4 nitrogen and oxygen atoms in total. The van der Waals surface area contributed by atoms with Crippen molar-refractivity contribution in [1.82, 2.24) is 0 Å². The average Bonchev–Trinajstić information content (AvgIpc) is 2.51. The van der Waals surface area contributed by atoms with E-state index in [4.69, 9.17) is 18.9 Å². The van der Waals surface area contributed by atoms with E-state index in [0.717, 1.165) is 11.5 Å². The fourth-order valence-corrected chi connectivity index (χ4v) is 2.73. The van der Waals surface area contributed by atoms with Gasteiger partial charge in [0, 0.05) is 20.3 Å². The number of methoxy groups -OCH3 is 2. The number of hydrogen-bond acceptors (Lipinski definition) is 4. The van der Waals surface area contributed by atoms with Crippen molar-refractivity contribution < 1.29 is 18.9 Å². The summed E-state index contributed by atoms with van der Waals surface area (Å²) in [5.74, 6) is 2.22. The topological polar surface area (TPSA) is 36.9 Å². The van der Waals surface area contributed by atoms with Crippen LogP contribution in [0.15, 0.2) is 18.2 Å². The van der Waals surface area contributed by atoms with Crippen LogP contribution in [-0.4, -0.2) is 27.8 Å². The maximum atomic E-state index is 5.72. The van der Waals surface area contributed by atoms with Gasteiger partial charge in [-0.25, -0.2) is 0 Å². The molecule has 2 rings (SSSR count). The van der Waals surface area contributed by atoms with Gasteiger partial charge in [-0.1, -0.05) is 25.3 Å². The molecule has 0 aliphatic heterocycles. The number of benzene rings is 1. The summed E-state index contributed by atoms with van der Waals surface area (Å²) in [6.07, 6.45) is 6.43. The van der Waals surface area contributed by atoms with Crippen LogP contribution in [0, 0.1) is 0 Å². The minimum absolute atomic E-state index is 0.243. The first-order valence-electron chi connectivity index (χ1n) is 7.22. The molecule has 20 heavy (non-hydrogen) atoms. The zero-order chi connectivity index (χ0) is 14.2. The highest BCUT2D eigenvalue weighted by molar-refractivity contribution is 5.43. The Balaban J connectivity index is 2.15. The van der Waals surface area contributed by atoms with Crippen LogP contribution in [0.2, 0.25) is 0 Å². The van der Waals surface area contributed by atoms with Crippen LogP contribution >= 0.6 is 0 Å². The van der Waals surface area contributed by atoms with Gasteiger partial charge in [0.2, 0.25) is 0 Å². The lowest BCUT2D eigenvalue weighted by molar-refractivity contribution is 0.0453. The van der Waals surface area contributed by atoms with E-state index in [1.54, 1.807) is 14.2 Å². The average molecular weight is 280 g/mol. The molecule has 1 aromatic carbocycles. The second kappa shape index (κ2) is 8.12. The summed E-state index contributed by atoms with van der Waals surface area (Å²) in [5, 5.41) is 0. The zero-order valence-electron chi connectivity index (χ0n) is 12.4. The standard InChI is InChI=1S/C16H24O4/c1-17-11-19-14-8-9-15(13-6-4-3-5-7-13)16(10-14)20-12-18-2/h8-10,13H,3-7,11-12H2,1-2H3. The Morgan fingerprint density at radius 1 is 0.950 bits per heavy atom. The van der Waals surface area contributed by atoms with Crippen LogP contribution in [-0.2, 0) is 9.47 Å². The first kappa shape index (κ1) is 15.1. The van der Waals surface area contributed by atoms with Gasteiger partial charge in [-0.15, -0.1) is 0 Å². The highest BCUT2D eigenvalue weighted by atomic mass is 16.7. The van der Waals surface area contributed by atoms with E-state index in [1.165, 1.54) is 37.7 Å². The molecule has 4 heteroatoms. The van der Waals surface area contributed by atoms with Crippen LogP contribution < -0.4 is 9.47 Å². The molecule has 0 atom stereocenters. The van der Waals surface area contributed by atoms with E-state index in [-0.39, 0.29) is 13.6 Å². The van der Waals surface area contributed by atoms with E-state index < -0.39 is 0 Å². The third-order valence-corrected chi connectivity index (χ3v) is 3.71. The van der Waals surface area contributed by atoms with Crippen LogP contribution in [0.25, 0.3) is 0 Å². The molecule has 1 saturated carbocycles. The van der Waals surface area contributed by atoms with Gasteiger partial charge in [0.15, 0.2) is 13.6 Å². The molecule has 1 aliphatic carbocycles. The van der Waals surface area contributed by atoms with Gasteiger partial charge >= 0.3 is 0 Å². The minimum Gasteiger partial charge on any atom is -0.467 e. The second-order valence-electron chi connectivity index (χ2n) is 5.14. The lowest BCUT2D eigenvalue weighted by Gasteiger charge is -2.24. The van der Waals surface area contributed by atoms with Crippen molar-refractivity contribution in [2.45, 2.75) is 38.0 Å². The zero-order valence-corrected chi connectivity index (χ0v) is 12.4. The van der Waals surface area contributed by atoms with Crippen molar-refractivity contribution in [3.8, 4) is 11.5 Å². The smallest absolute Gasteiger partial charge is 0.188 e. The third kappa shape index (κ3) is 4.12. The van der Waals surface area contributed by atoms with Crippen molar-refractivity contribution in [2.24, 2.45) is 0 Å². The largest absolute Gasteiger partial charge is 0.467 e. The summed E-state index contributed by atoms with van der Waals surface area (Å²) in [6, 6.07) is 6.04. The maximum absolute atomic E-state index is 5.72. The molecule has 1 fully saturated rings. The van der Waals surface area contributed by atoms with E-state index in [0.29, 0.717) is 5.92 Å². The van der Waals surface area contributed by atoms with Gasteiger partial charge in [-0.05, 0) is 30.4 Å². The van der Waals surface area contributed by atoms with Crippen molar-refractivity contribution in [2.75, 3.05) is 27.8 Å². The van der Waals surface area contributed by atoms with E-state index >= 15 is 0 Å². The highest BCUT2D eigenvalue weighted by Gasteiger charge is 2.19. The van der Waals surface area contributed by atoms with Gasteiger partial charge in [-0.2, -0.15) is 0 Å². The monoisotopic (exact) mass is 280 g/mol.